The highest BCUT2D eigenvalue weighted by Crippen LogP contribution is 2.26. The van der Waals surface area contributed by atoms with Gasteiger partial charge >= 0.3 is 0 Å². The molecule has 1 aliphatic heterocycles. The van der Waals surface area contributed by atoms with Crippen LogP contribution in [0.1, 0.15) is 5.56 Å². The number of halogens is 1. The summed E-state index contributed by atoms with van der Waals surface area (Å²) < 4.78 is 5.35. The molecule has 0 radical (unpaired) electrons. The molecule has 1 saturated heterocycles. The zero-order valence-electron chi connectivity index (χ0n) is 10.2. The van der Waals surface area contributed by atoms with E-state index < -0.39 is 0 Å². The molecule has 4 heteroatoms. The maximum Gasteiger partial charge on any atom is 0.123 e. The monoisotopic (exact) mass is 254 g/mol. The molecule has 1 fully saturated rings. The van der Waals surface area contributed by atoms with E-state index >= 15 is 0 Å². The Hall–Kier alpha value is -0.770. The Morgan fingerprint density at radius 1 is 1.35 bits per heavy atom. The van der Waals surface area contributed by atoms with Gasteiger partial charge in [-0.3, -0.25) is 0 Å². The van der Waals surface area contributed by atoms with Gasteiger partial charge in [0.15, 0.2) is 0 Å². The Morgan fingerprint density at radius 3 is 2.82 bits per heavy atom. The summed E-state index contributed by atoms with van der Waals surface area (Å²) >= 11 is 6.21. The number of nitrogens with one attached hydrogen (secondary N) is 1. The molecule has 0 atom stereocenters. The molecule has 94 valence electrons. The Balaban J connectivity index is 1.97. The lowest BCUT2D eigenvalue weighted by Gasteiger charge is -2.27. The van der Waals surface area contributed by atoms with Gasteiger partial charge in [0, 0.05) is 43.3 Å². The van der Waals surface area contributed by atoms with Crippen LogP contribution in [0, 0.1) is 0 Å². The molecule has 0 aliphatic carbocycles. The van der Waals surface area contributed by atoms with Crippen molar-refractivity contribution in [1.82, 2.24) is 10.2 Å². The van der Waals surface area contributed by atoms with E-state index in [9.17, 15) is 0 Å². The summed E-state index contributed by atoms with van der Waals surface area (Å²) in [4.78, 5) is 2.46. The molecule has 1 N–H and O–H groups in total. The highest BCUT2D eigenvalue weighted by Gasteiger charge is 2.12. The molecule has 0 unspecified atom stereocenters. The average molecular weight is 255 g/mol. The molecular weight excluding hydrogens is 236 g/mol. The number of nitrogens with zero attached hydrogens (tertiary/aromatic N) is 1. The molecule has 1 aromatic rings. The van der Waals surface area contributed by atoms with Gasteiger partial charge in [0.05, 0.1) is 7.11 Å². The summed E-state index contributed by atoms with van der Waals surface area (Å²) in [6.07, 6.45) is 0.947. The maximum absolute atomic E-state index is 6.21. The number of methoxy groups -OCH3 is 1. The zero-order valence-corrected chi connectivity index (χ0v) is 11.0. The number of rotatable bonds is 4. The highest BCUT2D eigenvalue weighted by atomic mass is 35.5. The van der Waals surface area contributed by atoms with Crippen LogP contribution in [0.15, 0.2) is 18.2 Å². The molecule has 1 heterocycles. The van der Waals surface area contributed by atoms with Crippen molar-refractivity contribution < 1.29 is 4.74 Å². The molecule has 1 aliphatic rings. The lowest BCUT2D eigenvalue weighted by Crippen LogP contribution is -2.44. The average Bonchev–Trinajstić information content (AvgIpc) is 2.38. The third-order valence-corrected chi connectivity index (χ3v) is 3.54. The number of benzene rings is 1. The third-order valence-electron chi connectivity index (χ3n) is 3.18. The van der Waals surface area contributed by atoms with Crippen molar-refractivity contribution in [1.29, 1.82) is 0 Å². The maximum atomic E-state index is 6.21. The summed E-state index contributed by atoms with van der Waals surface area (Å²) in [6.45, 7) is 5.45. The predicted molar refractivity (Wildman–Crippen MR) is 71.0 cm³/mol. The second kappa shape index (κ2) is 6.24. The fourth-order valence-corrected chi connectivity index (χ4v) is 2.44. The molecule has 0 amide bonds. The van der Waals surface area contributed by atoms with E-state index in [1.165, 1.54) is 0 Å². The van der Waals surface area contributed by atoms with Crippen LogP contribution in [0.4, 0.5) is 0 Å². The number of hydrogen-bond donors (Lipinski definition) is 1. The summed E-state index contributed by atoms with van der Waals surface area (Å²) in [5.41, 5.74) is 1.12. The van der Waals surface area contributed by atoms with Crippen molar-refractivity contribution in [3.63, 3.8) is 0 Å². The second-order valence-electron chi connectivity index (χ2n) is 4.26. The van der Waals surface area contributed by atoms with E-state index in [4.69, 9.17) is 16.3 Å². The fraction of sp³-hybridized carbons (Fsp3) is 0.538. The van der Waals surface area contributed by atoms with Gasteiger partial charge in [0.2, 0.25) is 0 Å². The van der Waals surface area contributed by atoms with E-state index in [0.717, 1.165) is 55.5 Å². The van der Waals surface area contributed by atoms with E-state index in [1.807, 2.05) is 18.2 Å². The zero-order chi connectivity index (χ0) is 12.1. The van der Waals surface area contributed by atoms with Gasteiger partial charge in [-0.05, 0) is 18.6 Å². The van der Waals surface area contributed by atoms with Crippen LogP contribution in [-0.2, 0) is 6.42 Å². The minimum atomic E-state index is 0.805. The van der Waals surface area contributed by atoms with Gasteiger partial charge in [-0.25, -0.2) is 0 Å². The molecular formula is C13H19ClN2O. The highest BCUT2D eigenvalue weighted by molar-refractivity contribution is 6.31. The first-order valence-corrected chi connectivity index (χ1v) is 6.43. The predicted octanol–water partition coefficient (Wildman–Crippen LogP) is 1.80. The largest absolute Gasteiger partial charge is 0.496 e. The Kier molecular flexibility index (Phi) is 4.66. The van der Waals surface area contributed by atoms with Crippen molar-refractivity contribution >= 4 is 11.6 Å². The minimum absolute atomic E-state index is 0.805. The van der Waals surface area contributed by atoms with Crippen molar-refractivity contribution in [3.05, 3.63) is 28.8 Å². The van der Waals surface area contributed by atoms with Crippen LogP contribution in [-0.4, -0.2) is 44.7 Å². The quantitative estimate of drug-likeness (QED) is 0.887. The second-order valence-corrected chi connectivity index (χ2v) is 4.67. The number of ether oxygens (including phenoxy) is 1. The lowest BCUT2D eigenvalue weighted by molar-refractivity contribution is 0.243. The first-order valence-electron chi connectivity index (χ1n) is 6.05. The SMILES string of the molecule is COc1cccc(Cl)c1CCN1CCNCC1. The van der Waals surface area contributed by atoms with Crippen molar-refractivity contribution in [2.24, 2.45) is 0 Å². The molecule has 2 rings (SSSR count). The van der Waals surface area contributed by atoms with Crippen molar-refractivity contribution in [3.8, 4) is 5.75 Å². The van der Waals surface area contributed by atoms with E-state index in [0.29, 0.717) is 0 Å². The topological polar surface area (TPSA) is 24.5 Å². The van der Waals surface area contributed by atoms with Crippen LogP contribution in [0.2, 0.25) is 5.02 Å². The van der Waals surface area contributed by atoms with Crippen LogP contribution in [0.5, 0.6) is 5.75 Å². The van der Waals surface area contributed by atoms with Crippen molar-refractivity contribution in [2.45, 2.75) is 6.42 Å². The van der Waals surface area contributed by atoms with Crippen molar-refractivity contribution in [2.75, 3.05) is 39.8 Å². The summed E-state index contributed by atoms with van der Waals surface area (Å²) in [7, 11) is 1.69. The summed E-state index contributed by atoms with van der Waals surface area (Å²) in [5.74, 6) is 0.896. The molecule has 0 spiro atoms. The van der Waals surface area contributed by atoms with Gasteiger partial charge in [0.1, 0.15) is 5.75 Å². The van der Waals surface area contributed by atoms with Gasteiger partial charge in [0.25, 0.3) is 0 Å². The van der Waals surface area contributed by atoms with Gasteiger partial charge in [-0.15, -0.1) is 0 Å². The van der Waals surface area contributed by atoms with Gasteiger partial charge < -0.3 is 15.0 Å². The molecule has 0 saturated carbocycles. The standard InChI is InChI=1S/C13H19ClN2O/c1-17-13-4-2-3-12(14)11(13)5-8-16-9-6-15-7-10-16/h2-4,15H,5-10H2,1H3. The molecule has 3 nitrogen and oxygen atoms in total. The number of hydrogen-bond acceptors (Lipinski definition) is 3. The third kappa shape index (κ3) is 3.35. The first-order chi connectivity index (χ1) is 8.31. The Morgan fingerprint density at radius 2 is 2.12 bits per heavy atom. The first kappa shape index (κ1) is 12.7. The van der Waals surface area contributed by atoms with Crippen LogP contribution in [0.25, 0.3) is 0 Å². The minimum Gasteiger partial charge on any atom is -0.496 e. The van der Waals surface area contributed by atoms with Gasteiger partial charge in [-0.2, -0.15) is 0 Å². The smallest absolute Gasteiger partial charge is 0.123 e. The lowest BCUT2D eigenvalue weighted by atomic mass is 10.1. The van der Waals surface area contributed by atoms with E-state index in [1.54, 1.807) is 7.11 Å². The van der Waals surface area contributed by atoms with E-state index in [2.05, 4.69) is 10.2 Å². The molecule has 0 bridgehead atoms. The Labute approximate surface area is 108 Å². The van der Waals surface area contributed by atoms with Gasteiger partial charge in [-0.1, -0.05) is 17.7 Å². The van der Waals surface area contributed by atoms with E-state index in [-0.39, 0.29) is 0 Å². The molecule has 0 aromatic heterocycles. The molecule has 17 heavy (non-hydrogen) atoms. The number of piperazine rings is 1. The Bertz CT molecular complexity index is 364. The summed E-state index contributed by atoms with van der Waals surface area (Å²) in [5, 5.41) is 4.16. The van der Waals surface area contributed by atoms with Crippen LogP contribution in [0.3, 0.4) is 0 Å². The normalized spacial score (nSPS) is 17.1. The van der Waals surface area contributed by atoms with Crippen LogP contribution >= 0.6 is 11.6 Å². The fourth-order valence-electron chi connectivity index (χ4n) is 2.18. The van der Waals surface area contributed by atoms with Crippen LogP contribution < -0.4 is 10.1 Å². The molecule has 1 aromatic carbocycles. The summed E-state index contributed by atoms with van der Waals surface area (Å²) in [6, 6.07) is 5.83.